The Labute approximate surface area is 139 Å². The molecule has 1 atom stereocenters. The first-order chi connectivity index (χ1) is 10.2. The van der Waals surface area contributed by atoms with Gasteiger partial charge in [0.25, 0.3) is 0 Å². The molecule has 0 fully saturated rings. The Morgan fingerprint density at radius 1 is 1.00 bits per heavy atom. The highest BCUT2D eigenvalue weighted by Crippen LogP contribution is 2.42. The second-order valence-electron chi connectivity index (χ2n) is 4.76. The lowest BCUT2D eigenvalue weighted by molar-refractivity contribution is 0.297. The molecule has 0 radical (unpaired) electrons. The Morgan fingerprint density at radius 2 is 1.67 bits per heavy atom. The minimum absolute atomic E-state index is 0.238. The number of ether oxygens (including phenoxy) is 2. The van der Waals surface area contributed by atoms with E-state index in [4.69, 9.17) is 9.47 Å². The van der Waals surface area contributed by atoms with Crippen molar-refractivity contribution in [3.05, 3.63) is 57.8 Å². The van der Waals surface area contributed by atoms with Crippen molar-refractivity contribution in [2.24, 2.45) is 0 Å². The van der Waals surface area contributed by atoms with E-state index >= 15 is 0 Å². The number of benzene rings is 2. The van der Waals surface area contributed by atoms with Crippen LogP contribution in [-0.2, 0) is 0 Å². The third-order valence-electron chi connectivity index (χ3n) is 3.32. The zero-order chi connectivity index (χ0) is 14.8. The lowest BCUT2D eigenvalue weighted by Gasteiger charge is -2.16. The summed E-state index contributed by atoms with van der Waals surface area (Å²) in [4.78, 5) is -0.259. The van der Waals surface area contributed by atoms with Crippen LogP contribution < -0.4 is 9.47 Å². The molecule has 1 unspecified atom stereocenters. The fourth-order valence-corrected chi connectivity index (χ4v) is 3.85. The van der Waals surface area contributed by atoms with Crippen LogP contribution >= 0.6 is 31.9 Å². The number of rotatable bonds is 2. The number of hydrogen-bond acceptors (Lipinski definition) is 2. The van der Waals surface area contributed by atoms with Crippen LogP contribution in [0.2, 0.25) is 0 Å². The summed E-state index contributed by atoms with van der Waals surface area (Å²) in [5, 5.41) is 0. The smallest absolute Gasteiger partial charge is 0.162 e. The van der Waals surface area contributed by atoms with E-state index in [1.807, 2.05) is 18.2 Å². The molecule has 0 saturated carbocycles. The molecule has 1 aliphatic heterocycles. The molecule has 1 heterocycles. The van der Waals surface area contributed by atoms with Crippen molar-refractivity contribution in [1.29, 1.82) is 0 Å². The molecule has 2 aromatic rings. The summed E-state index contributed by atoms with van der Waals surface area (Å²) in [5.74, 6) is 1.18. The van der Waals surface area contributed by atoms with E-state index in [0.717, 1.165) is 22.2 Å². The van der Waals surface area contributed by atoms with Crippen LogP contribution in [0.25, 0.3) is 0 Å². The molecule has 2 nitrogen and oxygen atoms in total. The predicted octanol–water partition coefficient (Wildman–Crippen LogP) is 5.23. The Morgan fingerprint density at radius 3 is 2.38 bits per heavy atom. The molecule has 2 aromatic carbocycles. The van der Waals surface area contributed by atoms with Crippen LogP contribution in [0.3, 0.4) is 0 Å². The van der Waals surface area contributed by atoms with Crippen LogP contribution in [0, 0.1) is 5.82 Å². The van der Waals surface area contributed by atoms with E-state index < -0.39 is 0 Å². The van der Waals surface area contributed by atoms with E-state index in [9.17, 15) is 4.39 Å². The Bertz CT molecular complexity index is 661. The average molecular weight is 416 g/mol. The fourth-order valence-electron chi connectivity index (χ4n) is 2.24. The van der Waals surface area contributed by atoms with Crippen molar-refractivity contribution >= 4 is 31.9 Å². The molecule has 110 valence electrons. The normalized spacial score (nSPS) is 15.4. The second-order valence-corrected chi connectivity index (χ2v) is 6.53. The highest BCUT2D eigenvalue weighted by atomic mass is 79.9. The summed E-state index contributed by atoms with van der Waals surface area (Å²) in [5.41, 5.74) is 1.50. The third kappa shape index (κ3) is 3.09. The summed E-state index contributed by atoms with van der Waals surface area (Å²) < 4.78 is 26.2. The molecule has 1 aliphatic rings. The highest BCUT2D eigenvalue weighted by Gasteiger charge is 2.21. The third-order valence-corrected chi connectivity index (χ3v) is 4.99. The first-order valence-electron chi connectivity index (χ1n) is 6.64. The van der Waals surface area contributed by atoms with Gasteiger partial charge < -0.3 is 9.47 Å². The van der Waals surface area contributed by atoms with E-state index in [1.54, 1.807) is 12.1 Å². The van der Waals surface area contributed by atoms with Crippen molar-refractivity contribution in [2.45, 2.75) is 11.2 Å². The molecular formula is C16H13Br2FO2. The maximum Gasteiger partial charge on any atom is 0.162 e. The highest BCUT2D eigenvalue weighted by molar-refractivity contribution is 9.11. The summed E-state index contributed by atoms with van der Waals surface area (Å²) in [7, 11) is 0. The average Bonchev–Trinajstić information content (AvgIpc) is 2.71. The molecular weight excluding hydrogens is 403 g/mol. The Kier molecular flexibility index (Phi) is 4.50. The Hall–Kier alpha value is -1.07. The molecule has 0 bridgehead atoms. The summed E-state index contributed by atoms with van der Waals surface area (Å²) in [6.45, 7) is 1.27. The van der Waals surface area contributed by atoms with Crippen LogP contribution in [0.4, 0.5) is 4.39 Å². The minimum Gasteiger partial charge on any atom is -0.490 e. The van der Waals surface area contributed by atoms with Crippen LogP contribution in [0.15, 0.2) is 40.9 Å². The van der Waals surface area contributed by atoms with Crippen molar-refractivity contribution in [3.8, 4) is 11.5 Å². The molecule has 3 rings (SSSR count). The lowest BCUT2D eigenvalue weighted by Crippen LogP contribution is -2.00. The van der Waals surface area contributed by atoms with E-state index in [-0.39, 0.29) is 10.6 Å². The van der Waals surface area contributed by atoms with Gasteiger partial charge in [0.15, 0.2) is 11.5 Å². The molecule has 0 spiro atoms. The fraction of sp³-hybridized carbons (Fsp3) is 0.250. The van der Waals surface area contributed by atoms with E-state index in [2.05, 4.69) is 31.9 Å². The van der Waals surface area contributed by atoms with Gasteiger partial charge in [-0.25, -0.2) is 4.39 Å². The maximum atomic E-state index is 14.0. The van der Waals surface area contributed by atoms with Crippen LogP contribution in [-0.4, -0.2) is 13.2 Å². The quantitative estimate of drug-likeness (QED) is 0.625. The topological polar surface area (TPSA) is 18.5 Å². The van der Waals surface area contributed by atoms with Crippen molar-refractivity contribution in [2.75, 3.05) is 13.2 Å². The van der Waals surface area contributed by atoms with Gasteiger partial charge in [0, 0.05) is 16.5 Å². The van der Waals surface area contributed by atoms with Gasteiger partial charge in [0.1, 0.15) is 5.82 Å². The summed E-state index contributed by atoms with van der Waals surface area (Å²) in [6.07, 6.45) is 0.854. The van der Waals surface area contributed by atoms with Gasteiger partial charge in [-0.2, -0.15) is 0 Å². The Balaban J connectivity index is 2.02. The number of alkyl halides is 1. The van der Waals surface area contributed by atoms with Gasteiger partial charge in [-0.1, -0.05) is 50.1 Å². The number of fused-ring (bicyclic) bond motifs is 1. The molecule has 0 amide bonds. The SMILES string of the molecule is Fc1ccccc1C(Br)c1cc2c(cc1Br)OCCCO2. The van der Waals surface area contributed by atoms with Gasteiger partial charge in [-0.05, 0) is 23.8 Å². The zero-order valence-electron chi connectivity index (χ0n) is 11.1. The largest absolute Gasteiger partial charge is 0.490 e. The molecule has 0 aliphatic carbocycles. The zero-order valence-corrected chi connectivity index (χ0v) is 14.3. The monoisotopic (exact) mass is 414 g/mol. The predicted molar refractivity (Wildman–Crippen MR) is 86.9 cm³/mol. The van der Waals surface area contributed by atoms with Gasteiger partial charge in [-0.15, -0.1) is 0 Å². The first kappa shape index (κ1) is 14.9. The molecule has 5 heteroatoms. The van der Waals surface area contributed by atoms with Crippen LogP contribution in [0.1, 0.15) is 22.4 Å². The first-order valence-corrected chi connectivity index (χ1v) is 8.35. The molecule has 0 N–H and O–H groups in total. The second kappa shape index (κ2) is 6.36. The lowest BCUT2D eigenvalue weighted by atomic mass is 10.0. The van der Waals surface area contributed by atoms with Gasteiger partial charge in [0.05, 0.1) is 18.0 Å². The summed E-state index contributed by atoms with van der Waals surface area (Å²) in [6, 6.07) is 10.5. The van der Waals surface area contributed by atoms with Gasteiger partial charge in [0.2, 0.25) is 0 Å². The molecule has 0 aromatic heterocycles. The van der Waals surface area contributed by atoms with Crippen molar-refractivity contribution in [3.63, 3.8) is 0 Å². The minimum atomic E-state index is -0.259. The molecule has 21 heavy (non-hydrogen) atoms. The van der Waals surface area contributed by atoms with Gasteiger partial charge >= 0.3 is 0 Å². The number of hydrogen-bond donors (Lipinski definition) is 0. The van der Waals surface area contributed by atoms with E-state index in [1.165, 1.54) is 6.07 Å². The van der Waals surface area contributed by atoms with Crippen LogP contribution in [0.5, 0.6) is 11.5 Å². The van der Waals surface area contributed by atoms with Crippen molar-refractivity contribution < 1.29 is 13.9 Å². The van der Waals surface area contributed by atoms with E-state index in [0.29, 0.717) is 24.5 Å². The van der Waals surface area contributed by atoms with Crippen molar-refractivity contribution in [1.82, 2.24) is 0 Å². The maximum absolute atomic E-state index is 14.0. The molecule has 0 saturated heterocycles. The standard InChI is InChI=1S/C16H13Br2FO2/c17-12-9-15-14(20-6-3-7-21-15)8-11(12)16(18)10-4-1-2-5-13(10)19/h1-2,4-5,8-9,16H,3,6-7H2. The summed E-state index contributed by atoms with van der Waals surface area (Å²) >= 11 is 7.11. The van der Waals surface area contributed by atoms with Gasteiger partial charge in [-0.3, -0.25) is 0 Å². The number of halogens is 3.